The summed E-state index contributed by atoms with van der Waals surface area (Å²) in [5.41, 5.74) is 2.02. The fourth-order valence-electron chi connectivity index (χ4n) is 4.13. The zero-order valence-corrected chi connectivity index (χ0v) is 17.2. The van der Waals surface area contributed by atoms with E-state index in [1.165, 1.54) is 0 Å². The Kier molecular flexibility index (Phi) is 6.12. The zero-order valence-electron chi connectivity index (χ0n) is 16.3. The minimum Gasteiger partial charge on any atom is -0.467 e. The second kappa shape index (κ2) is 8.92. The summed E-state index contributed by atoms with van der Waals surface area (Å²) in [5, 5.41) is 5.76. The average molecular weight is 401 g/mol. The van der Waals surface area contributed by atoms with Gasteiger partial charge in [-0.1, -0.05) is 23.5 Å². The number of carbonyl (C=O) groups excluding carboxylic acids is 1. The Morgan fingerprint density at radius 3 is 2.64 bits per heavy atom. The molecule has 1 N–H and O–H groups in total. The third-order valence-electron chi connectivity index (χ3n) is 5.69. The topological polar surface area (TPSA) is 57.7 Å². The molecule has 2 aliphatic heterocycles. The molecule has 1 aromatic heterocycles. The van der Waals surface area contributed by atoms with Gasteiger partial charge in [0, 0.05) is 49.5 Å². The first-order valence-corrected chi connectivity index (χ1v) is 11.0. The van der Waals surface area contributed by atoms with E-state index in [4.69, 9.17) is 4.74 Å². The highest BCUT2D eigenvalue weighted by atomic mass is 32.1. The monoisotopic (exact) mass is 400 g/mol. The molecular weight excluding hydrogens is 372 g/mol. The van der Waals surface area contributed by atoms with Crippen LogP contribution in [-0.2, 0) is 0 Å². The number of urea groups is 1. The Labute approximate surface area is 170 Å². The maximum atomic E-state index is 12.5. The molecule has 2 aromatic rings. The number of rotatable bonds is 4. The van der Waals surface area contributed by atoms with Crippen molar-refractivity contribution >= 4 is 23.1 Å². The number of hydrogen-bond donors (Lipinski definition) is 1. The number of thiazole rings is 1. The summed E-state index contributed by atoms with van der Waals surface area (Å²) in [6, 6.07) is 8.53. The van der Waals surface area contributed by atoms with E-state index in [2.05, 4.69) is 15.2 Å². The van der Waals surface area contributed by atoms with Crippen LogP contribution in [0.3, 0.4) is 0 Å². The molecule has 1 aromatic carbocycles. The van der Waals surface area contributed by atoms with Gasteiger partial charge < -0.3 is 15.0 Å². The van der Waals surface area contributed by atoms with Crippen molar-refractivity contribution in [2.75, 3.05) is 31.5 Å². The molecule has 2 fully saturated rings. The Hall–Kier alpha value is -2.12. The van der Waals surface area contributed by atoms with Crippen LogP contribution in [0.5, 0.6) is 5.19 Å². The van der Waals surface area contributed by atoms with Gasteiger partial charge in [0.15, 0.2) is 0 Å². The number of carbonyl (C=O) groups is 1. The number of nitrogens with one attached hydrogen (secondary N) is 1. The third kappa shape index (κ3) is 4.83. The molecule has 2 aliphatic rings. The first kappa shape index (κ1) is 19.2. The lowest BCUT2D eigenvalue weighted by atomic mass is 9.99. The maximum Gasteiger partial charge on any atom is 0.321 e. The molecule has 4 rings (SSSR count). The van der Waals surface area contributed by atoms with Gasteiger partial charge >= 0.3 is 6.03 Å². The standard InChI is InChI=1S/C21H28N4O2S/c1-16-3-2-4-17(15-16)23-20(26)25-10-5-18(6-11-25)24-12-7-19(8-13-24)27-21-22-9-14-28-21/h2-4,9,14-15,18-19H,5-8,10-13H2,1H3,(H,23,26). The summed E-state index contributed by atoms with van der Waals surface area (Å²) < 4.78 is 5.96. The molecule has 0 aliphatic carbocycles. The molecule has 0 spiro atoms. The summed E-state index contributed by atoms with van der Waals surface area (Å²) in [5.74, 6) is 0. The van der Waals surface area contributed by atoms with E-state index >= 15 is 0 Å². The SMILES string of the molecule is Cc1cccc(NC(=O)N2CCC(N3CCC(Oc4nccs4)CC3)CC2)c1. The molecule has 0 unspecified atom stereocenters. The highest BCUT2D eigenvalue weighted by Gasteiger charge is 2.30. The molecule has 7 heteroatoms. The first-order chi connectivity index (χ1) is 13.7. The van der Waals surface area contributed by atoms with Crippen LogP contribution in [0.1, 0.15) is 31.2 Å². The van der Waals surface area contributed by atoms with Crippen molar-refractivity contribution in [1.82, 2.24) is 14.8 Å². The number of nitrogens with zero attached hydrogens (tertiary/aromatic N) is 3. The lowest BCUT2D eigenvalue weighted by Crippen LogP contribution is -2.50. The molecule has 3 heterocycles. The van der Waals surface area contributed by atoms with Crippen molar-refractivity contribution in [3.63, 3.8) is 0 Å². The fraction of sp³-hybridized carbons (Fsp3) is 0.524. The van der Waals surface area contributed by atoms with Gasteiger partial charge in [0.25, 0.3) is 5.19 Å². The molecule has 0 atom stereocenters. The van der Waals surface area contributed by atoms with Crippen molar-refractivity contribution in [1.29, 1.82) is 0 Å². The number of ether oxygens (including phenoxy) is 1. The average Bonchev–Trinajstić information content (AvgIpc) is 3.22. The molecule has 2 amide bonds. The number of amides is 2. The Morgan fingerprint density at radius 2 is 1.96 bits per heavy atom. The highest BCUT2D eigenvalue weighted by Crippen LogP contribution is 2.25. The lowest BCUT2D eigenvalue weighted by molar-refractivity contribution is 0.0544. The van der Waals surface area contributed by atoms with Gasteiger partial charge in [0.05, 0.1) is 0 Å². The van der Waals surface area contributed by atoms with Crippen molar-refractivity contribution in [3.05, 3.63) is 41.4 Å². The summed E-state index contributed by atoms with van der Waals surface area (Å²) in [7, 11) is 0. The minimum absolute atomic E-state index is 0.0135. The Morgan fingerprint density at radius 1 is 1.18 bits per heavy atom. The van der Waals surface area contributed by atoms with Crippen LogP contribution in [-0.4, -0.2) is 59.1 Å². The largest absolute Gasteiger partial charge is 0.467 e. The quantitative estimate of drug-likeness (QED) is 0.843. The van der Waals surface area contributed by atoms with Gasteiger partial charge in [-0.25, -0.2) is 9.78 Å². The van der Waals surface area contributed by atoms with Crippen LogP contribution in [0.15, 0.2) is 35.8 Å². The second-order valence-electron chi connectivity index (χ2n) is 7.67. The lowest BCUT2D eigenvalue weighted by Gasteiger charge is -2.41. The van der Waals surface area contributed by atoms with Gasteiger partial charge in [-0.3, -0.25) is 4.90 Å². The normalized spacial score (nSPS) is 19.5. The summed E-state index contributed by atoms with van der Waals surface area (Å²) >= 11 is 1.56. The van der Waals surface area contributed by atoms with E-state index in [0.717, 1.165) is 68.3 Å². The van der Waals surface area contributed by atoms with E-state index in [1.807, 2.05) is 41.5 Å². The third-order valence-corrected chi connectivity index (χ3v) is 6.35. The van der Waals surface area contributed by atoms with Crippen LogP contribution in [0.25, 0.3) is 0 Å². The molecule has 0 bridgehead atoms. The summed E-state index contributed by atoms with van der Waals surface area (Å²) in [4.78, 5) is 21.3. The smallest absolute Gasteiger partial charge is 0.321 e. The van der Waals surface area contributed by atoms with Crippen LogP contribution < -0.4 is 10.1 Å². The van der Waals surface area contributed by atoms with Crippen molar-refractivity contribution in [2.45, 2.75) is 44.8 Å². The summed E-state index contributed by atoms with van der Waals surface area (Å²) in [6.07, 6.45) is 6.25. The molecule has 150 valence electrons. The Bertz CT molecular complexity index is 766. The molecule has 28 heavy (non-hydrogen) atoms. The van der Waals surface area contributed by atoms with Gasteiger partial charge in [0.2, 0.25) is 0 Å². The molecule has 0 saturated carbocycles. The molecule has 2 saturated heterocycles. The molecule has 0 radical (unpaired) electrons. The number of anilines is 1. The zero-order chi connectivity index (χ0) is 19.3. The van der Waals surface area contributed by atoms with E-state index in [9.17, 15) is 4.79 Å². The highest BCUT2D eigenvalue weighted by molar-refractivity contribution is 7.11. The van der Waals surface area contributed by atoms with E-state index in [1.54, 1.807) is 17.5 Å². The number of benzene rings is 1. The maximum absolute atomic E-state index is 12.5. The van der Waals surface area contributed by atoms with Gasteiger partial charge in [-0.05, 0) is 50.3 Å². The number of piperidine rings is 2. The number of hydrogen-bond acceptors (Lipinski definition) is 5. The predicted molar refractivity (Wildman–Crippen MR) is 112 cm³/mol. The summed E-state index contributed by atoms with van der Waals surface area (Å²) in [6.45, 7) is 5.80. The molecule has 6 nitrogen and oxygen atoms in total. The van der Waals surface area contributed by atoms with E-state index in [0.29, 0.717) is 6.04 Å². The van der Waals surface area contributed by atoms with Crippen molar-refractivity contribution < 1.29 is 9.53 Å². The van der Waals surface area contributed by atoms with Crippen LogP contribution in [0.2, 0.25) is 0 Å². The molecular formula is C21H28N4O2S. The minimum atomic E-state index is 0.0135. The second-order valence-corrected chi connectivity index (χ2v) is 8.53. The fourth-order valence-corrected chi connectivity index (χ4v) is 4.68. The van der Waals surface area contributed by atoms with E-state index in [-0.39, 0.29) is 12.1 Å². The van der Waals surface area contributed by atoms with Gasteiger partial charge in [-0.15, -0.1) is 0 Å². The van der Waals surface area contributed by atoms with Crippen LogP contribution in [0, 0.1) is 6.92 Å². The predicted octanol–water partition coefficient (Wildman–Crippen LogP) is 3.99. The van der Waals surface area contributed by atoms with E-state index < -0.39 is 0 Å². The van der Waals surface area contributed by atoms with Crippen molar-refractivity contribution in [2.24, 2.45) is 0 Å². The Balaban J connectivity index is 1.20. The first-order valence-electron chi connectivity index (χ1n) is 10.1. The number of aryl methyl sites for hydroxylation is 1. The number of likely N-dealkylation sites (tertiary alicyclic amines) is 2. The van der Waals surface area contributed by atoms with Crippen LogP contribution >= 0.6 is 11.3 Å². The van der Waals surface area contributed by atoms with Crippen molar-refractivity contribution in [3.8, 4) is 5.19 Å². The van der Waals surface area contributed by atoms with Crippen LogP contribution in [0.4, 0.5) is 10.5 Å². The number of aromatic nitrogens is 1. The van der Waals surface area contributed by atoms with Gasteiger partial charge in [0.1, 0.15) is 6.10 Å². The van der Waals surface area contributed by atoms with Gasteiger partial charge in [-0.2, -0.15) is 0 Å².